The molecule has 0 atom stereocenters. The number of hydrogen-bond acceptors (Lipinski definition) is 8. The lowest BCUT2D eigenvalue weighted by molar-refractivity contribution is 0.458. The van der Waals surface area contributed by atoms with E-state index >= 15 is 0 Å². The molecule has 0 amide bonds. The number of anilines is 1. The van der Waals surface area contributed by atoms with Gasteiger partial charge in [-0.05, 0) is 31.0 Å². The van der Waals surface area contributed by atoms with E-state index in [9.17, 15) is 8.42 Å². The van der Waals surface area contributed by atoms with Crippen LogP contribution in [-0.4, -0.2) is 34.9 Å². The van der Waals surface area contributed by atoms with Crippen LogP contribution in [-0.2, 0) is 23.2 Å². The van der Waals surface area contributed by atoms with Crippen LogP contribution in [0.3, 0.4) is 0 Å². The molecule has 1 aromatic carbocycles. The minimum absolute atomic E-state index is 0.220. The molecule has 0 unspecified atom stereocenters. The Balaban J connectivity index is 1.60. The molecule has 0 radical (unpaired) electrons. The van der Waals surface area contributed by atoms with Crippen LogP contribution in [0, 0.1) is 6.92 Å². The zero-order valence-electron chi connectivity index (χ0n) is 16.0. The second-order valence-corrected chi connectivity index (χ2v) is 8.07. The normalized spacial score (nSPS) is 11.3. The van der Waals surface area contributed by atoms with Crippen molar-refractivity contribution < 1.29 is 13.2 Å². The van der Waals surface area contributed by atoms with Crippen LogP contribution in [0.15, 0.2) is 42.7 Å². The van der Waals surface area contributed by atoms with Gasteiger partial charge in [0.25, 0.3) is 10.2 Å². The highest BCUT2D eigenvalue weighted by Crippen LogP contribution is 2.21. The second kappa shape index (κ2) is 9.76. The minimum atomic E-state index is -3.68. The standard InChI is InChI=1S/C18H20ClN7O3S/c1-12-25-15(11-23-18-21-9-14(19)10-22-18)8-17(26-12)29-16-4-2-13(3-5-16)6-7-24-30(20,27)28/h2-5,8-10,24H,6-7,11H2,1H3,(H2,20,27,28)(H,21,22,23). The van der Waals surface area contributed by atoms with Crippen LogP contribution in [0.25, 0.3) is 0 Å². The lowest BCUT2D eigenvalue weighted by Gasteiger charge is -2.09. The Morgan fingerprint density at radius 3 is 2.50 bits per heavy atom. The fraction of sp³-hybridized carbons (Fsp3) is 0.222. The quantitative estimate of drug-likeness (QED) is 0.449. The molecule has 0 saturated carbocycles. The Morgan fingerprint density at radius 1 is 1.13 bits per heavy atom. The van der Waals surface area contributed by atoms with Crippen molar-refractivity contribution >= 4 is 27.8 Å². The summed E-state index contributed by atoms with van der Waals surface area (Å²) in [6, 6.07) is 8.97. The van der Waals surface area contributed by atoms with Gasteiger partial charge in [-0.25, -0.2) is 24.8 Å². The van der Waals surface area contributed by atoms with Crippen LogP contribution in [0.4, 0.5) is 5.95 Å². The lowest BCUT2D eigenvalue weighted by atomic mass is 10.1. The first kappa shape index (κ1) is 21.8. The molecular weight excluding hydrogens is 430 g/mol. The molecule has 2 heterocycles. The first-order valence-electron chi connectivity index (χ1n) is 8.87. The maximum absolute atomic E-state index is 10.9. The highest BCUT2D eigenvalue weighted by molar-refractivity contribution is 7.87. The molecule has 4 N–H and O–H groups in total. The number of ether oxygens (including phenoxy) is 1. The highest BCUT2D eigenvalue weighted by atomic mass is 35.5. The Morgan fingerprint density at radius 2 is 1.83 bits per heavy atom. The van der Waals surface area contributed by atoms with Gasteiger partial charge in [-0.3, -0.25) is 0 Å². The van der Waals surface area contributed by atoms with Crippen molar-refractivity contribution in [3.8, 4) is 11.6 Å². The Kier molecular flexibility index (Phi) is 7.11. The summed E-state index contributed by atoms with van der Waals surface area (Å²) >= 11 is 5.78. The molecule has 0 bridgehead atoms. The number of nitrogens with one attached hydrogen (secondary N) is 2. The summed E-state index contributed by atoms with van der Waals surface area (Å²) in [5.74, 6) is 1.99. The third kappa shape index (κ3) is 7.19. The fourth-order valence-corrected chi connectivity index (χ4v) is 2.98. The zero-order valence-corrected chi connectivity index (χ0v) is 17.6. The van der Waals surface area contributed by atoms with Crippen molar-refractivity contribution in [2.45, 2.75) is 19.9 Å². The molecule has 12 heteroatoms. The molecule has 0 fully saturated rings. The van der Waals surface area contributed by atoms with Gasteiger partial charge in [-0.15, -0.1) is 0 Å². The topological polar surface area (TPSA) is 145 Å². The van der Waals surface area contributed by atoms with Crippen molar-refractivity contribution in [3.05, 3.63) is 64.8 Å². The number of aryl methyl sites for hydroxylation is 1. The van der Waals surface area contributed by atoms with E-state index in [4.69, 9.17) is 21.5 Å². The Hall–Kier alpha value is -2.86. The van der Waals surface area contributed by atoms with Crippen LogP contribution in [0.1, 0.15) is 17.1 Å². The number of halogens is 1. The van der Waals surface area contributed by atoms with Gasteiger partial charge in [0.1, 0.15) is 11.6 Å². The predicted molar refractivity (Wildman–Crippen MR) is 112 cm³/mol. The molecule has 0 aliphatic rings. The average molecular weight is 450 g/mol. The summed E-state index contributed by atoms with van der Waals surface area (Å²) in [7, 11) is -3.68. The van der Waals surface area contributed by atoms with Gasteiger partial charge in [-0.1, -0.05) is 23.7 Å². The third-order valence-electron chi connectivity index (χ3n) is 3.78. The summed E-state index contributed by atoms with van der Waals surface area (Å²) < 4.78 is 29.9. The number of aromatic nitrogens is 4. The first-order chi connectivity index (χ1) is 14.3. The summed E-state index contributed by atoms with van der Waals surface area (Å²) in [5, 5.41) is 8.43. The summed E-state index contributed by atoms with van der Waals surface area (Å²) in [5.41, 5.74) is 1.65. The molecule has 10 nitrogen and oxygen atoms in total. The van der Waals surface area contributed by atoms with Crippen molar-refractivity contribution in [1.29, 1.82) is 0 Å². The molecule has 0 spiro atoms. The van der Waals surface area contributed by atoms with Gasteiger partial charge in [0.2, 0.25) is 11.8 Å². The molecule has 0 aliphatic heterocycles. The highest BCUT2D eigenvalue weighted by Gasteiger charge is 2.06. The average Bonchev–Trinajstić information content (AvgIpc) is 2.68. The smallest absolute Gasteiger partial charge is 0.274 e. The van der Waals surface area contributed by atoms with Gasteiger partial charge in [0.15, 0.2) is 0 Å². The number of benzene rings is 1. The van der Waals surface area contributed by atoms with Gasteiger partial charge in [-0.2, -0.15) is 13.4 Å². The van der Waals surface area contributed by atoms with Crippen LogP contribution in [0.2, 0.25) is 5.02 Å². The lowest BCUT2D eigenvalue weighted by Crippen LogP contribution is -2.32. The molecule has 0 aliphatic carbocycles. The largest absolute Gasteiger partial charge is 0.439 e. The van der Waals surface area contributed by atoms with E-state index in [1.807, 2.05) is 12.1 Å². The SMILES string of the molecule is Cc1nc(CNc2ncc(Cl)cn2)cc(Oc2ccc(CCNS(N)(=O)=O)cc2)n1. The van der Waals surface area contributed by atoms with E-state index in [0.29, 0.717) is 47.1 Å². The molecule has 158 valence electrons. The zero-order chi connectivity index (χ0) is 21.6. The third-order valence-corrected chi connectivity index (χ3v) is 4.58. The molecule has 3 rings (SSSR count). The maximum Gasteiger partial charge on any atom is 0.274 e. The van der Waals surface area contributed by atoms with E-state index in [-0.39, 0.29) is 6.54 Å². The van der Waals surface area contributed by atoms with E-state index in [1.54, 1.807) is 25.1 Å². The molecule has 2 aromatic heterocycles. The fourth-order valence-electron chi connectivity index (χ4n) is 2.50. The van der Waals surface area contributed by atoms with Gasteiger partial charge >= 0.3 is 0 Å². The molecule has 30 heavy (non-hydrogen) atoms. The van der Waals surface area contributed by atoms with E-state index in [0.717, 1.165) is 5.56 Å². The van der Waals surface area contributed by atoms with E-state index in [2.05, 4.69) is 30.0 Å². The van der Waals surface area contributed by atoms with Crippen LogP contribution >= 0.6 is 11.6 Å². The molecular formula is C18H20ClN7O3S. The monoisotopic (exact) mass is 449 g/mol. The van der Waals surface area contributed by atoms with E-state index < -0.39 is 10.2 Å². The van der Waals surface area contributed by atoms with Gasteiger partial charge in [0.05, 0.1) is 29.7 Å². The van der Waals surface area contributed by atoms with Crippen molar-refractivity contribution in [2.75, 3.05) is 11.9 Å². The number of nitrogens with two attached hydrogens (primary N) is 1. The predicted octanol–water partition coefficient (Wildman–Crippen LogP) is 1.97. The first-order valence-corrected chi connectivity index (χ1v) is 10.8. The Bertz CT molecular complexity index is 1090. The number of nitrogens with zero attached hydrogens (tertiary/aromatic N) is 4. The second-order valence-electron chi connectivity index (χ2n) is 6.26. The summed E-state index contributed by atoms with van der Waals surface area (Å²) in [6.45, 7) is 2.38. The number of rotatable bonds is 9. The summed E-state index contributed by atoms with van der Waals surface area (Å²) in [4.78, 5) is 16.8. The molecule has 3 aromatic rings. The van der Waals surface area contributed by atoms with E-state index in [1.165, 1.54) is 12.4 Å². The molecule has 0 saturated heterocycles. The van der Waals surface area contributed by atoms with Gasteiger partial charge < -0.3 is 10.1 Å². The van der Waals surface area contributed by atoms with Crippen LogP contribution < -0.4 is 19.9 Å². The minimum Gasteiger partial charge on any atom is -0.439 e. The van der Waals surface area contributed by atoms with Crippen molar-refractivity contribution in [2.24, 2.45) is 5.14 Å². The number of hydrogen-bond donors (Lipinski definition) is 3. The Labute approximate surface area is 179 Å². The van der Waals surface area contributed by atoms with Crippen molar-refractivity contribution in [3.63, 3.8) is 0 Å². The summed E-state index contributed by atoms with van der Waals surface area (Å²) in [6.07, 6.45) is 3.52. The van der Waals surface area contributed by atoms with Gasteiger partial charge in [0, 0.05) is 12.6 Å². The van der Waals surface area contributed by atoms with Crippen molar-refractivity contribution in [1.82, 2.24) is 24.7 Å². The van der Waals surface area contributed by atoms with Crippen LogP contribution in [0.5, 0.6) is 11.6 Å². The maximum atomic E-state index is 10.9.